The van der Waals surface area contributed by atoms with Crippen LogP contribution in [-0.4, -0.2) is 64.8 Å². The van der Waals surface area contributed by atoms with Gasteiger partial charge >= 0.3 is 35.5 Å². The zero-order valence-corrected chi connectivity index (χ0v) is 10.5. The van der Waals surface area contributed by atoms with Crippen molar-refractivity contribution >= 4 is 35.5 Å². The monoisotopic (exact) mass is 284 g/mol. The number of carboxylic acids is 1. The molecule has 20 heavy (non-hydrogen) atoms. The van der Waals surface area contributed by atoms with Crippen molar-refractivity contribution < 1.29 is 19.4 Å². The number of methoxy groups -OCH3 is 2. The summed E-state index contributed by atoms with van der Waals surface area (Å²) in [5.74, 6) is -0.181. The molecule has 1 N–H and O–H groups in total. The average Bonchev–Trinajstić information content (AvgIpc) is 2.46. The molecule has 6 nitrogen and oxygen atoms in total. The van der Waals surface area contributed by atoms with Gasteiger partial charge in [-0.1, -0.05) is 18.2 Å². The predicted molar refractivity (Wildman–Crippen MR) is 74.7 cm³/mol. The molecule has 2 rings (SSSR count). The normalized spacial score (nSPS) is 9.50. The van der Waals surface area contributed by atoms with Gasteiger partial charge in [-0.2, -0.15) is 9.97 Å². The number of hydrogen-bond acceptors (Lipinski definition) is 5. The number of benzene rings is 1. The molecular formula is C13H13N2NaO4. The van der Waals surface area contributed by atoms with Crippen LogP contribution in [-0.2, 0) is 0 Å². The van der Waals surface area contributed by atoms with Crippen LogP contribution < -0.4 is 9.47 Å². The Labute approximate surface area is 138 Å². The zero-order valence-electron chi connectivity index (χ0n) is 10.5. The number of hydrogen-bond donors (Lipinski definition) is 1. The Balaban J connectivity index is 0.00000200. The van der Waals surface area contributed by atoms with E-state index in [-0.39, 0.29) is 40.9 Å². The number of nitrogens with zero attached hydrogens (tertiary/aromatic N) is 2. The topological polar surface area (TPSA) is 81.5 Å². The van der Waals surface area contributed by atoms with E-state index in [1.807, 2.05) is 0 Å². The Kier molecular flexibility index (Phi) is 5.94. The first-order valence-electron chi connectivity index (χ1n) is 5.45. The van der Waals surface area contributed by atoms with Crippen molar-refractivity contribution in [2.75, 3.05) is 14.2 Å². The van der Waals surface area contributed by atoms with Gasteiger partial charge in [0, 0.05) is 5.56 Å². The number of carboxylic acid groups (broad SMARTS) is 1. The van der Waals surface area contributed by atoms with Gasteiger partial charge in [0.25, 0.3) is 0 Å². The van der Waals surface area contributed by atoms with Crippen LogP contribution in [0.2, 0.25) is 0 Å². The molecule has 0 saturated heterocycles. The average molecular weight is 284 g/mol. The number of carbonyl (C=O) groups is 1. The molecule has 2 aromatic rings. The van der Waals surface area contributed by atoms with Crippen LogP contribution in [0.5, 0.6) is 11.8 Å². The first kappa shape index (κ1) is 16.4. The van der Waals surface area contributed by atoms with Gasteiger partial charge in [0.1, 0.15) is 0 Å². The third-order valence-electron chi connectivity index (χ3n) is 2.50. The van der Waals surface area contributed by atoms with Crippen LogP contribution in [0.1, 0.15) is 10.4 Å². The fourth-order valence-electron chi connectivity index (χ4n) is 1.60. The van der Waals surface area contributed by atoms with E-state index in [2.05, 4.69) is 9.97 Å². The number of ether oxygens (including phenoxy) is 2. The second kappa shape index (κ2) is 7.23. The van der Waals surface area contributed by atoms with Gasteiger partial charge < -0.3 is 14.6 Å². The summed E-state index contributed by atoms with van der Waals surface area (Å²) >= 11 is 0. The molecule has 100 valence electrons. The van der Waals surface area contributed by atoms with E-state index in [1.54, 1.807) is 18.2 Å². The maximum atomic E-state index is 11.2. The molecule has 0 fully saturated rings. The summed E-state index contributed by atoms with van der Waals surface area (Å²) in [6, 6.07) is 8.01. The minimum absolute atomic E-state index is 0. The Bertz CT molecular complexity index is 597. The molecule has 0 amide bonds. The molecule has 0 unspecified atom stereocenters. The van der Waals surface area contributed by atoms with Crippen LogP contribution in [0, 0.1) is 0 Å². The fraction of sp³-hybridized carbons (Fsp3) is 0.154. The van der Waals surface area contributed by atoms with Crippen molar-refractivity contribution in [2.24, 2.45) is 0 Å². The Morgan fingerprint density at radius 2 is 1.65 bits per heavy atom. The number of aromatic carboxylic acids is 1. The van der Waals surface area contributed by atoms with Crippen molar-refractivity contribution in [1.82, 2.24) is 9.97 Å². The summed E-state index contributed by atoms with van der Waals surface area (Å²) in [6.45, 7) is 0. The van der Waals surface area contributed by atoms with Gasteiger partial charge in [-0.25, -0.2) is 4.79 Å². The van der Waals surface area contributed by atoms with Crippen molar-refractivity contribution in [2.45, 2.75) is 0 Å². The molecule has 1 heterocycles. The molecule has 0 aliphatic heterocycles. The second-order valence-electron chi connectivity index (χ2n) is 3.63. The SMILES string of the molecule is COc1cc(OC)nc(-c2ccccc2C(=O)O)n1.[NaH]. The predicted octanol–water partition coefficient (Wildman–Crippen LogP) is 1.21. The van der Waals surface area contributed by atoms with Crippen molar-refractivity contribution in [3.05, 3.63) is 35.9 Å². The fourth-order valence-corrected chi connectivity index (χ4v) is 1.60. The van der Waals surface area contributed by atoms with Gasteiger partial charge in [-0.05, 0) is 6.07 Å². The Hall–Kier alpha value is -1.63. The van der Waals surface area contributed by atoms with Crippen LogP contribution in [0.4, 0.5) is 0 Å². The molecular weight excluding hydrogens is 271 g/mol. The molecule has 0 atom stereocenters. The number of aromatic nitrogens is 2. The van der Waals surface area contributed by atoms with Crippen molar-refractivity contribution in [1.29, 1.82) is 0 Å². The van der Waals surface area contributed by atoms with Crippen LogP contribution in [0.25, 0.3) is 11.4 Å². The summed E-state index contributed by atoms with van der Waals surface area (Å²) < 4.78 is 10.1. The molecule has 0 bridgehead atoms. The molecule has 1 aromatic carbocycles. The Morgan fingerprint density at radius 1 is 1.10 bits per heavy atom. The van der Waals surface area contributed by atoms with Crippen molar-refractivity contribution in [3.8, 4) is 23.1 Å². The molecule has 7 heteroatoms. The quantitative estimate of drug-likeness (QED) is 0.850. The summed E-state index contributed by atoms with van der Waals surface area (Å²) in [5, 5.41) is 9.16. The van der Waals surface area contributed by atoms with Gasteiger partial charge in [-0.3, -0.25) is 0 Å². The molecule has 0 aliphatic rings. The molecule has 0 saturated carbocycles. The van der Waals surface area contributed by atoms with Crippen LogP contribution >= 0.6 is 0 Å². The Morgan fingerprint density at radius 3 is 2.15 bits per heavy atom. The molecule has 0 aliphatic carbocycles. The van der Waals surface area contributed by atoms with E-state index in [9.17, 15) is 4.79 Å². The molecule has 0 radical (unpaired) electrons. The molecule has 0 spiro atoms. The van der Waals surface area contributed by atoms with E-state index in [0.717, 1.165) is 0 Å². The standard InChI is InChI=1S/C13H12N2O4.Na.H/c1-18-10-7-11(19-2)15-12(14-10)8-5-3-4-6-9(8)13(16)17;;/h3-7H,1-2H3,(H,16,17);;. The van der Waals surface area contributed by atoms with Crippen LogP contribution in [0.15, 0.2) is 30.3 Å². The summed E-state index contributed by atoms with van der Waals surface area (Å²) in [6.07, 6.45) is 0. The summed E-state index contributed by atoms with van der Waals surface area (Å²) in [5.41, 5.74) is 0.532. The summed E-state index contributed by atoms with van der Waals surface area (Å²) in [7, 11) is 2.93. The van der Waals surface area contributed by atoms with Gasteiger partial charge in [0.05, 0.1) is 25.8 Å². The third kappa shape index (κ3) is 3.47. The van der Waals surface area contributed by atoms with Crippen molar-refractivity contribution in [3.63, 3.8) is 0 Å². The van der Waals surface area contributed by atoms with E-state index >= 15 is 0 Å². The zero-order chi connectivity index (χ0) is 13.8. The van der Waals surface area contributed by atoms with E-state index in [4.69, 9.17) is 14.6 Å². The van der Waals surface area contributed by atoms with E-state index in [0.29, 0.717) is 17.3 Å². The van der Waals surface area contributed by atoms with Gasteiger partial charge in [0.2, 0.25) is 11.8 Å². The van der Waals surface area contributed by atoms with Crippen LogP contribution in [0.3, 0.4) is 0 Å². The number of rotatable bonds is 4. The van der Waals surface area contributed by atoms with E-state index in [1.165, 1.54) is 26.4 Å². The molecule has 1 aromatic heterocycles. The summed E-state index contributed by atoms with van der Waals surface area (Å²) in [4.78, 5) is 19.5. The second-order valence-corrected chi connectivity index (χ2v) is 3.63. The first-order valence-corrected chi connectivity index (χ1v) is 5.45. The first-order chi connectivity index (χ1) is 9.15. The van der Waals surface area contributed by atoms with E-state index < -0.39 is 5.97 Å². The van der Waals surface area contributed by atoms with Gasteiger partial charge in [-0.15, -0.1) is 0 Å². The van der Waals surface area contributed by atoms with Gasteiger partial charge in [0.15, 0.2) is 5.82 Å². The third-order valence-corrected chi connectivity index (χ3v) is 2.50. The maximum absolute atomic E-state index is 11.2. The minimum atomic E-state index is -1.04.